The minimum atomic E-state index is -0.511. The Labute approximate surface area is 285 Å². The first-order chi connectivity index (χ1) is 22.4. The lowest BCUT2D eigenvalue weighted by Crippen LogP contribution is -2.49. The van der Waals surface area contributed by atoms with E-state index in [1.54, 1.807) is 12.3 Å². The first kappa shape index (κ1) is 38.4. The van der Waals surface area contributed by atoms with E-state index in [0.29, 0.717) is 33.8 Å². The number of morpholine rings is 1. The van der Waals surface area contributed by atoms with Crippen LogP contribution in [0.4, 0.5) is 10.2 Å². The minimum Gasteiger partial charge on any atom is -0.461 e. The standard InChI is InChI=1S/C27H31ClFN7O2.C5H12.2C2H6/c1-15-4-5-17-11-31-34-24(17)21(15)22-20(28)10-19-25(23(22)29)32-27(38-14-18-13-35(3)8-9-37-18)33-26(19)36-7-6-30-16(2)12-36;1-5(2,3)4;2*1-2/h4-5,10-11,16,18,30H,6-9,12-14H2,1-3H3,(H,31,34);1-4H3;2*1-2H3. The molecule has 0 bridgehead atoms. The highest BCUT2D eigenvalue weighted by molar-refractivity contribution is 6.35. The van der Waals surface area contributed by atoms with Gasteiger partial charge in [-0.1, -0.05) is 79.1 Å². The van der Waals surface area contributed by atoms with Crippen molar-refractivity contribution in [3.05, 3.63) is 40.8 Å². The smallest absolute Gasteiger partial charge is 0.319 e. The summed E-state index contributed by atoms with van der Waals surface area (Å²) in [5.74, 6) is 0.104. The first-order valence-electron chi connectivity index (χ1n) is 16.9. The normalized spacial score (nSPS) is 18.4. The zero-order valence-corrected chi connectivity index (χ0v) is 31.0. The maximum Gasteiger partial charge on any atom is 0.319 e. The van der Waals surface area contributed by atoms with E-state index in [9.17, 15) is 0 Å². The predicted octanol–water partition coefficient (Wildman–Crippen LogP) is 7.89. The van der Waals surface area contributed by atoms with Crippen LogP contribution in [0.5, 0.6) is 6.01 Å². The lowest BCUT2D eigenvalue weighted by molar-refractivity contribution is -0.0416. The highest BCUT2D eigenvalue weighted by atomic mass is 35.5. The van der Waals surface area contributed by atoms with Crippen molar-refractivity contribution in [1.29, 1.82) is 0 Å². The van der Waals surface area contributed by atoms with E-state index in [-0.39, 0.29) is 35.8 Å². The summed E-state index contributed by atoms with van der Waals surface area (Å²) in [4.78, 5) is 13.7. The number of piperazine rings is 1. The molecule has 0 radical (unpaired) electrons. The summed E-state index contributed by atoms with van der Waals surface area (Å²) in [6.07, 6.45) is 1.61. The summed E-state index contributed by atoms with van der Waals surface area (Å²) >= 11 is 6.82. The van der Waals surface area contributed by atoms with Crippen LogP contribution >= 0.6 is 11.6 Å². The fourth-order valence-corrected chi connectivity index (χ4v) is 5.68. The van der Waals surface area contributed by atoms with Crippen molar-refractivity contribution in [3.8, 4) is 17.1 Å². The predicted molar refractivity (Wildman–Crippen MR) is 195 cm³/mol. The summed E-state index contributed by atoms with van der Waals surface area (Å²) < 4.78 is 28.4. The number of aryl methyl sites for hydroxylation is 1. The Kier molecular flexibility index (Phi) is 14.2. The molecule has 4 aromatic rings. The Morgan fingerprint density at radius 2 is 1.77 bits per heavy atom. The molecule has 260 valence electrons. The molecule has 9 nitrogen and oxygen atoms in total. The number of ether oxygens (including phenoxy) is 2. The summed E-state index contributed by atoms with van der Waals surface area (Å²) in [5.41, 5.74) is 3.23. The molecule has 6 rings (SSSR count). The van der Waals surface area contributed by atoms with Gasteiger partial charge in [-0.05, 0) is 37.9 Å². The first-order valence-corrected chi connectivity index (χ1v) is 17.3. The summed E-state index contributed by atoms with van der Waals surface area (Å²) in [5, 5.41) is 12.3. The van der Waals surface area contributed by atoms with Gasteiger partial charge < -0.3 is 24.6 Å². The number of halogens is 2. The molecule has 2 atom stereocenters. The fraction of sp³-hybridized carbons (Fsp3) is 0.583. The molecule has 2 aromatic heterocycles. The molecule has 2 N–H and O–H groups in total. The van der Waals surface area contributed by atoms with Crippen LogP contribution in [0.3, 0.4) is 0 Å². The van der Waals surface area contributed by atoms with Crippen LogP contribution in [0.25, 0.3) is 32.9 Å². The number of nitrogens with zero attached hydrogens (tertiary/aromatic N) is 5. The minimum absolute atomic E-state index is 0.109. The number of H-pyrrole nitrogens is 1. The number of benzene rings is 2. The number of aromatic amines is 1. The second-order valence-corrected chi connectivity index (χ2v) is 13.6. The Morgan fingerprint density at radius 3 is 2.43 bits per heavy atom. The van der Waals surface area contributed by atoms with Crippen LogP contribution in [-0.2, 0) is 4.74 Å². The van der Waals surface area contributed by atoms with Crippen molar-refractivity contribution in [1.82, 2.24) is 30.4 Å². The summed E-state index contributed by atoms with van der Waals surface area (Å²) in [6, 6.07) is 6.04. The van der Waals surface area contributed by atoms with Crippen LogP contribution < -0.4 is 15.0 Å². The van der Waals surface area contributed by atoms with Crippen LogP contribution in [0.1, 0.15) is 67.9 Å². The molecule has 2 fully saturated rings. The third-order valence-corrected chi connectivity index (χ3v) is 7.62. The molecule has 2 unspecified atom stereocenters. The van der Waals surface area contributed by atoms with Gasteiger partial charge in [0.15, 0.2) is 5.82 Å². The number of anilines is 1. The largest absolute Gasteiger partial charge is 0.461 e. The van der Waals surface area contributed by atoms with E-state index in [1.807, 2.05) is 46.8 Å². The number of fused-ring (bicyclic) bond motifs is 2. The zero-order valence-electron chi connectivity index (χ0n) is 30.2. The number of hydrogen-bond acceptors (Lipinski definition) is 8. The van der Waals surface area contributed by atoms with E-state index >= 15 is 4.39 Å². The molecule has 2 aliphatic heterocycles. The van der Waals surface area contributed by atoms with Gasteiger partial charge in [-0.3, -0.25) is 5.10 Å². The van der Waals surface area contributed by atoms with Crippen LogP contribution in [-0.4, -0.2) is 90.2 Å². The molecule has 0 spiro atoms. The van der Waals surface area contributed by atoms with Gasteiger partial charge in [0, 0.05) is 60.7 Å². The van der Waals surface area contributed by atoms with Gasteiger partial charge in [-0.2, -0.15) is 15.1 Å². The number of aromatic nitrogens is 4. The second kappa shape index (κ2) is 17.4. The van der Waals surface area contributed by atoms with Crippen molar-refractivity contribution in [2.45, 2.75) is 81.4 Å². The molecule has 2 saturated heterocycles. The van der Waals surface area contributed by atoms with Crippen LogP contribution in [0.15, 0.2) is 24.4 Å². The van der Waals surface area contributed by atoms with Gasteiger partial charge in [0.25, 0.3) is 0 Å². The molecular formula is C36H55ClFN7O2. The van der Waals surface area contributed by atoms with Crippen molar-refractivity contribution < 1.29 is 13.9 Å². The summed E-state index contributed by atoms with van der Waals surface area (Å²) in [7, 11) is 2.05. The third kappa shape index (κ3) is 9.98. The highest BCUT2D eigenvalue weighted by Gasteiger charge is 2.27. The number of hydrogen-bond donors (Lipinski definition) is 2. The SMILES string of the molecule is CC.CC.CC(C)(C)C.Cc1ccc2cn[nH]c2c1-c1c(Cl)cc2c(N3CCNC(C)C3)nc(OCC3CN(C)CCO3)nc2c1F. The Hall–Kier alpha value is -3.05. The third-order valence-electron chi connectivity index (χ3n) is 7.33. The molecule has 0 saturated carbocycles. The Balaban J connectivity index is 0.000000602. The topological polar surface area (TPSA) is 91.4 Å². The lowest BCUT2D eigenvalue weighted by Gasteiger charge is -2.33. The molecule has 2 aromatic carbocycles. The van der Waals surface area contributed by atoms with Crippen LogP contribution in [0.2, 0.25) is 5.02 Å². The average Bonchev–Trinajstić information content (AvgIpc) is 3.51. The molecule has 47 heavy (non-hydrogen) atoms. The molecule has 11 heteroatoms. The molecule has 4 heterocycles. The number of likely N-dealkylation sites (N-methyl/N-ethyl adjacent to an activating group) is 1. The van der Waals surface area contributed by atoms with Crippen molar-refractivity contribution in [3.63, 3.8) is 0 Å². The molecule has 0 amide bonds. The number of rotatable bonds is 5. The summed E-state index contributed by atoms with van der Waals surface area (Å²) in [6.45, 7) is 25.6. The Bertz CT molecular complexity index is 1580. The molecular weight excluding hydrogens is 617 g/mol. The van der Waals surface area contributed by atoms with Crippen molar-refractivity contribution in [2.24, 2.45) is 5.41 Å². The maximum atomic E-state index is 16.6. The monoisotopic (exact) mass is 671 g/mol. The van der Waals surface area contributed by atoms with E-state index in [1.165, 1.54) is 0 Å². The highest BCUT2D eigenvalue weighted by Crippen LogP contribution is 2.42. The molecule has 2 aliphatic rings. The molecule has 0 aliphatic carbocycles. The van der Waals surface area contributed by atoms with Gasteiger partial charge >= 0.3 is 6.01 Å². The van der Waals surface area contributed by atoms with Gasteiger partial charge in [0.2, 0.25) is 0 Å². The van der Waals surface area contributed by atoms with Crippen LogP contribution in [0, 0.1) is 18.2 Å². The van der Waals surface area contributed by atoms with Gasteiger partial charge in [0.05, 0.1) is 23.3 Å². The zero-order chi connectivity index (χ0) is 34.9. The van der Waals surface area contributed by atoms with Gasteiger partial charge in [0.1, 0.15) is 24.0 Å². The fourth-order valence-electron chi connectivity index (χ4n) is 5.39. The van der Waals surface area contributed by atoms with Crippen molar-refractivity contribution in [2.75, 3.05) is 57.9 Å². The van der Waals surface area contributed by atoms with Gasteiger partial charge in [-0.25, -0.2) is 4.39 Å². The Morgan fingerprint density at radius 1 is 1.06 bits per heavy atom. The van der Waals surface area contributed by atoms with E-state index in [2.05, 4.69) is 72.0 Å². The van der Waals surface area contributed by atoms with E-state index < -0.39 is 5.82 Å². The van der Waals surface area contributed by atoms with Crippen molar-refractivity contribution >= 4 is 39.2 Å². The lowest BCUT2D eigenvalue weighted by atomic mass is 9.96. The van der Waals surface area contributed by atoms with Gasteiger partial charge in [-0.15, -0.1) is 0 Å². The second-order valence-electron chi connectivity index (χ2n) is 13.2. The van der Waals surface area contributed by atoms with E-state index in [0.717, 1.165) is 49.2 Å². The quantitative estimate of drug-likeness (QED) is 0.221. The maximum absolute atomic E-state index is 16.6. The van der Waals surface area contributed by atoms with E-state index in [4.69, 9.17) is 26.1 Å². The number of nitrogens with one attached hydrogen (secondary N) is 2. The average molecular weight is 672 g/mol.